The van der Waals surface area contributed by atoms with Gasteiger partial charge < -0.3 is 15.4 Å². The van der Waals surface area contributed by atoms with E-state index in [9.17, 15) is 4.79 Å². The molecule has 1 amide bonds. The van der Waals surface area contributed by atoms with E-state index in [4.69, 9.17) is 4.74 Å². The van der Waals surface area contributed by atoms with Crippen LogP contribution in [0.15, 0.2) is 30.3 Å². The molecule has 4 heteroatoms. The van der Waals surface area contributed by atoms with Gasteiger partial charge >= 0.3 is 0 Å². The van der Waals surface area contributed by atoms with Gasteiger partial charge in [-0.05, 0) is 5.56 Å². The molecular formula is C13H19N2O2+. The monoisotopic (exact) mass is 235 g/mol. The summed E-state index contributed by atoms with van der Waals surface area (Å²) in [5.74, 6) is 0.136. The average Bonchev–Trinajstić information content (AvgIpc) is 2.40. The van der Waals surface area contributed by atoms with Gasteiger partial charge in [0.15, 0.2) is 6.04 Å². The number of rotatable bonds is 3. The molecule has 1 heterocycles. The normalized spacial score (nSPS) is 17.8. The van der Waals surface area contributed by atoms with Crippen molar-refractivity contribution < 1.29 is 15.3 Å². The fourth-order valence-corrected chi connectivity index (χ4v) is 2.03. The number of carbonyl (C=O) groups excluding carboxylic acids is 1. The van der Waals surface area contributed by atoms with Crippen molar-refractivity contribution in [2.24, 2.45) is 0 Å². The second-order valence-corrected chi connectivity index (χ2v) is 4.32. The maximum Gasteiger partial charge on any atom is 0.281 e. The molecule has 92 valence electrons. The lowest BCUT2D eigenvalue weighted by molar-refractivity contribution is -0.405. The van der Waals surface area contributed by atoms with Gasteiger partial charge in [0.25, 0.3) is 5.91 Å². The van der Waals surface area contributed by atoms with E-state index in [1.54, 1.807) is 0 Å². The number of amides is 1. The third-order valence-corrected chi connectivity index (χ3v) is 3.00. The molecule has 0 bridgehead atoms. The molecule has 1 fully saturated rings. The number of hydrogen-bond donors (Lipinski definition) is 1. The Morgan fingerprint density at radius 1 is 1.29 bits per heavy atom. The first-order valence-electron chi connectivity index (χ1n) is 6.01. The molecule has 4 nitrogen and oxygen atoms in total. The second kappa shape index (κ2) is 5.80. The third-order valence-electron chi connectivity index (χ3n) is 3.00. The molecule has 1 saturated heterocycles. The van der Waals surface area contributed by atoms with Gasteiger partial charge in [-0.15, -0.1) is 0 Å². The van der Waals surface area contributed by atoms with Crippen molar-refractivity contribution in [1.29, 1.82) is 0 Å². The van der Waals surface area contributed by atoms with E-state index in [0.29, 0.717) is 32.7 Å². The van der Waals surface area contributed by atoms with Crippen LogP contribution in [0.3, 0.4) is 0 Å². The summed E-state index contributed by atoms with van der Waals surface area (Å²) in [6.45, 7) is 2.67. The summed E-state index contributed by atoms with van der Waals surface area (Å²) in [6.07, 6.45) is 0.705. The molecule has 0 aliphatic carbocycles. The zero-order valence-corrected chi connectivity index (χ0v) is 9.97. The van der Waals surface area contributed by atoms with Gasteiger partial charge in [-0.2, -0.15) is 0 Å². The quantitative estimate of drug-likeness (QED) is 0.782. The molecule has 1 aromatic rings. The number of morpholine rings is 1. The Balaban J connectivity index is 1.90. The zero-order chi connectivity index (χ0) is 12.1. The lowest BCUT2D eigenvalue weighted by atomic mass is 10.1. The minimum atomic E-state index is -0.199. The van der Waals surface area contributed by atoms with Crippen LogP contribution in [0.25, 0.3) is 0 Å². The van der Waals surface area contributed by atoms with Gasteiger partial charge in [0.05, 0.1) is 13.2 Å². The van der Waals surface area contributed by atoms with Crippen LogP contribution >= 0.6 is 0 Å². The molecule has 17 heavy (non-hydrogen) atoms. The summed E-state index contributed by atoms with van der Waals surface area (Å²) in [7, 11) is 0. The molecule has 2 rings (SSSR count). The lowest BCUT2D eigenvalue weighted by Crippen LogP contribution is -2.69. The second-order valence-electron chi connectivity index (χ2n) is 4.32. The summed E-state index contributed by atoms with van der Waals surface area (Å²) in [6, 6.07) is 9.82. The minimum absolute atomic E-state index is 0.136. The van der Waals surface area contributed by atoms with Crippen LogP contribution in [-0.4, -0.2) is 43.2 Å². The summed E-state index contributed by atoms with van der Waals surface area (Å²) < 4.78 is 5.23. The number of nitrogens with zero attached hydrogens (tertiary/aromatic N) is 1. The van der Waals surface area contributed by atoms with Crippen LogP contribution in [-0.2, 0) is 16.0 Å². The van der Waals surface area contributed by atoms with Crippen molar-refractivity contribution in [3.8, 4) is 0 Å². The summed E-state index contributed by atoms with van der Waals surface area (Å²) >= 11 is 0. The fourth-order valence-electron chi connectivity index (χ4n) is 2.03. The highest BCUT2D eigenvalue weighted by Gasteiger charge is 2.25. The van der Waals surface area contributed by atoms with Crippen LogP contribution in [0.5, 0.6) is 0 Å². The first-order chi connectivity index (χ1) is 8.27. The average molecular weight is 235 g/mol. The van der Waals surface area contributed by atoms with E-state index in [0.717, 1.165) is 5.56 Å². The van der Waals surface area contributed by atoms with Gasteiger partial charge in [-0.3, -0.25) is 4.79 Å². The maximum absolute atomic E-state index is 12.1. The molecule has 1 aromatic carbocycles. The topological polar surface area (TPSA) is 57.2 Å². The molecule has 0 spiro atoms. The minimum Gasteiger partial charge on any atom is -0.378 e. The lowest BCUT2D eigenvalue weighted by Gasteiger charge is -2.27. The van der Waals surface area contributed by atoms with Crippen LogP contribution in [0.2, 0.25) is 0 Å². The molecule has 0 aromatic heterocycles. The summed E-state index contributed by atoms with van der Waals surface area (Å²) in [4.78, 5) is 14.0. The van der Waals surface area contributed by atoms with Gasteiger partial charge in [0.2, 0.25) is 0 Å². The van der Waals surface area contributed by atoms with Crippen molar-refractivity contribution >= 4 is 5.91 Å². The van der Waals surface area contributed by atoms with Crippen molar-refractivity contribution in [3.05, 3.63) is 35.9 Å². The Bertz CT molecular complexity index is 361. The van der Waals surface area contributed by atoms with Gasteiger partial charge in [0, 0.05) is 19.5 Å². The standard InChI is InChI=1S/C13H18N2O2/c14-12(10-11-4-2-1-3-5-11)13(16)15-6-8-17-9-7-15/h1-5,12H,6-10,14H2/p+1. The van der Waals surface area contributed by atoms with Crippen molar-refractivity contribution in [2.45, 2.75) is 12.5 Å². The van der Waals surface area contributed by atoms with E-state index in [1.807, 2.05) is 35.2 Å². The molecule has 1 unspecified atom stereocenters. The predicted octanol–water partition coefficient (Wildman–Crippen LogP) is -0.302. The van der Waals surface area contributed by atoms with Gasteiger partial charge in [0.1, 0.15) is 0 Å². The summed E-state index contributed by atoms with van der Waals surface area (Å²) in [5, 5.41) is 0. The smallest absolute Gasteiger partial charge is 0.281 e. The van der Waals surface area contributed by atoms with Gasteiger partial charge in [-0.25, -0.2) is 0 Å². The third kappa shape index (κ3) is 3.28. The zero-order valence-electron chi connectivity index (χ0n) is 9.97. The first-order valence-corrected chi connectivity index (χ1v) is 6.01. The first kappa shape index (κ1) is 12.1. The Hall–Kier alpha value is -1.39. The molecular weight excluding hydrogens is 216 g/mol. The number of ether oxygens (including phenoxy) is 1. The predicted molar refractivity (Wildman–Crippen MR) is 64.2 cm³/mol. The highest BCUT2D eigenvalue weighted by molar-refractivity contribution is 5.80. The Morgan fingerprint density at radius 3 is 2.59 bits per heavy atom. The van der Waals surface area contributed by atoms with Crippen molar-refractivity contribution in [3.63, 3.8) is 0 Å². The highest BCUT2D eigenvalue weighted by atomic mass is 16.5. The highest BCUT2D eigenvalue weighted by Crippen LogP contribution is 2.05. The number of hydrogen-bond acceptors (Lipinski definition) is 2. The molecule has 3 N–H and O–H groups in total. The Morgan fingerprint density at radius 2 is 1.94 bits per heavy atom. The molecule has 0 radical (unpaired) electrons. The molecule has 1 atom stereocenters. The van der Waals surface area contributed by atoms with E-state index < -0.39 is 0 Å². The maximum atomic E-state index is 12.1. The van der Waals surface area contributed by atoms with E-state index in [2.05, 4.69) is 5.73 Å². The molecule has 1 aliphatic rings. The van der Waals surface area contributed by atoms with E-state index >= 15 is 0 Å². The summed E-state index contributed by atoms with van der Waals surface area (Å²) in [5.41, 5.74) is 5.14. The largest absolute Gasteiger partial charge is 0.378 e. The molecule has 1 aliphatic heterocycles. The van der Waals surface area contributed by atoms with E-state index in [-0.39, 0.29) is 11.9 Å². The number of quaternary nitrogens is 1. The van der Waals surface area contributed by atoms with Crippen LogP contribution in [0, 0.1) is 0 Å². The van der Waals surface area contributed by atoms with E-state index in [1.165, 1.54) is 0 Å². The van der Waals surface area contributed by atoms with Crippen LogP contribution in [0.1, 0.15) is 5.56 Å². The number of carbonyl (C=O) groups is 1. The number of benzene rings is 1. The van der Waals surface area contributed by atoms with Crippen LogP contribution in [0.4, 0.5) is 0 Å². The van der Waals surface area contributed by atoms with Crippen LogP contribution < -0.4 is 5.73 Å². The fraction of sp³-hybridized carbons (Fsp3) is 0.462. The van der Waals surface area contributed by atoms with Gasteiger partial charge in [-0.1, -0.05) is 30.3 Å². The van der Waals surface area contributed by atoms with Crippen molar-refractivity contribution in [2.75, 3.05) is 26.3 Å². The Kier molecular flexibility index (Phi) is 4.12. The van der Waals surface area contributed by atoms with Crippen molar-refractivity contribution in [1.82, 2.24) is 4.90 Å². The molecule has 0 saturated carbocycles. The Labute approximate surface area is 101 Å². The SMILES string of the molecule is [NH3+]C(Cc1ccccc1)C(=O)N1CCOCC1.